The zero-order valence-electron chi connectivity index (χ0n) is 10.4. The van der Waals surface area contributed by atoms with Crippen LogP contribution in [0, 0.1) is 3.57 Å². The maximum absolute atomic E-state index is 5.34. The van der Waals surface area contributed by atoms with Crippen molar-refractivity contribution in [2.45, 2.75) is 18.9 Å². The molecule has 0 aliphatic carbocycles. The summed E-state index contributed by atoms with van der Waals surface area (Å²) < 4.78 is 6.49. The van der Waals surface area contributed by atoms with Crippen molar-refractivity contribution in [2.75, 3.05) is 32.6 Å². The molecule has 2 rings (SSSR count). The molecule has 1 aliphatic heterocycles. The number of nitrogens with zero attached hydrogens (tertiary/aromatic N) is 1. The van der Waals surface area contributed by atoms with E-state index in [9.17, 15) is 0 Å². The quantitative estimate of drug-likeness (QED) is 0.852. The van der Waals surface area contributed by atoms with E-state index in [-0.39, 0.29) is 0 Å². The zero-order valence-corrected chi connectivity index (χ0v) is 12.5. The van der Waals surface area contributed by atoms with E-state index in [1.54, 1.807) is 7.11 Å². The minimum absolute atomic E-state index is 0.593. The van der Waals surface area contributed by atoms with Gasteiger partial charge in [-0.1, -0.05) is 0 Å². The summed E-state index contributed by atoms with van der Waals surface area (Å²) in [5, 5.41) is 3.59. The van der Waals surface area contributed by atoms with Gasteiger partial charge in [-0.05, 0) is 67.7 Å². The Hall–Kier alpha value is -0.490. The number of nitrogens with one attached hydrogen (secondary N) is 1. The zero-order chi connectivity index (χ0) is 12.3. The molecule has 3 nitrogen and oxygen atoms in total. The van der Waals surface area contributed by atoms with Gasteiger partial charge < -0.3 is 15.0 Å². The molecule has 0 aromatic heterocycles. The van der Waals surface area contributed by atoms with Gasteiger partial charge in [-0.2, -0.15) is 0 Å². The van der Waals surface area contributed by atoms with E-state index in [4.69, 9.17) is 4.74 Å². The van der Waals surface area contributed by atoms with E-state index in [0.717, 1.165) is 15.0 Å². The molecule has 1 aromatic rings. The second-order valence-electron chi connectivity index (χ2n) is 4.57. The van der Waals surface area contributed by atoms with Crippen LogP contribution in [0.1, 0.15) is 12.8 Å². The van der Waals surface area contributed by atoms with Gasteiger partial charge in [0, 0.05) is 17.8 Å². The minimum atomic E-state index is 0.593. The Kier molecular flexibility index (Phi) is 4.50. The Labute approximate surface area is 117 Å². The number of hydrogen-bond acceptors (Lipinski definition) is 3. The number of hydrogen-bond donors (Lipinski definition) is 1. The van der Waals surface area contributed by atoms with Gasteiger partial charge in [0.2, 0.25) is 0 Å². The monoisotopic (exact) mass is 346 g/mol. The first-order valence-electron chi connectivity index (χ1n) is 5.97. The maximum Gasteiger partial charge on any atom is 0.134 e. The molecule has 1 fully saturated rings. The highest BCUT2D eigenvalue weighted by atomic mass is 127. The Morgan fingerprint density at radius 3 is 2.71 bits per heavy atom. The smallest absolute Gasteiger partial charge is 0.134 e. The molecule has 0 saturated carbocycles. The summed E-state index contributed by atoms with van der Waals surface area (Å²) in [5.41, 5.74) is 1.16. The maximum atomic E-state index is 5.34. The average molecular weight is 346 g/mol. The second kappa shape index (κ2) is 5.91. The molecule has 0 amide bonds. The van der Waals surface area contributed by atoms with Gasteiger partial charge in [0.05, 0.1) is 10.7 Å². The van der Waals surface area contributed by atoms with E-state index in [1.165, 1.54) is 25.9 Å². The van der Waals surface area contributed by atoms with Crippen LogP contribution in [0.25, 0.3) is 0 Å². The number of methoxy groups -OCH3 is 1. The molecular weight excluding hydrogens is 327 g/mol. The second-order valence-corrected chi connectivity index (χ2v) is 5.73. The summed E-state index contributed by atoms with van der Waals surface area (Å²) in [6, 6.07) is 6.90. The van der Waals surface area contributed by atoms with Crippen LogP contribution in [-0.4, -0.2) is 38.2 Å². The number of benzene rings is 1. The molecule has 0 unspecified atom stereocenters. The van der Waals surface area contributed by atoms with E-state index in [2.05, 4.69) is 58.1 Å². The van der Waals surface area contributed by atoms with Gasteiger partial charge in [0.1, 0.15) is 5.75 Å². The summed E-state index contributed by atoms with van der Waals surface area (Å²) in [7, 11) is 3.90. The van der Waals surface area contributed by atoms with Gasteiger partial charge in [0.25, 0.3) is 0 Å². The van der Waals surface area contributed by atoms with Gasteiger partial charge in [-0.25, -0.2) is 0 Å². The fourth-order valence-electron chi connectivity index (χ4n) is 2.14. The van der Waals surface area contributed by atoms with Crippen LogP contribution in [0.2, 0.25) is 0 Å². The molecule has 1 saturated heterocycles. The number of likely N-dealkylation sites (tertiary alicyclic amines) is 1. The Morgan fingerprint density at radius 2 is 2.06 bits per heavy atom. The lowest BCUT2D eigenvalue weighted by atomic mass is 10.1. The van der Waals surface area contributed by atoms with Crippen molar-refractivity contribution in [3.63, 3.8) is 0 Å². The number of halogens is 1. The molecule has 1 aliphatic rings. The number of piperidine rings is 1. The van der Waals surface area contributed by atoms with Crippen LogP contribution in [0.3, 0.4) is 0 Å². The van der Waals surface area contributed by atoms with Crippen LogP contribution in [0.4, 0.5) is 5.69 Å². The summed E-state index contributed by atoms with van der Waals surface area (Å²) in [6.45, 7) is 2.36. The lowest BCUT2D eigenvalue weighted by Gasteiger charge is -2.30. The SMILES string of the molecule is COc1cc(NC2CCN(C)CC2)ccc1I. The summed E-state index contributed by atoms with van der Waals surface area (Å²) in [4.78, 5) is 2.38. The Balaban J connectivity index is 1.99. The van der Waals surface area contributed by atoms with Crippen LogP contribution in [-0.2, 0) is 0 Å². The minimum Gasteiger partial charge on any atom is -0.496 e. The molecular formula is C13H19IN2O. The van der Waals surface area contributed by atoms with Crippen molar-refractivity contribution in [1.82, 2.24) is 4.90 Å². The van der Waals surface area contributed by atoms with E-state index in [1.807, 2.05) is 0 Å². The molecule has 94 valence electrons. The molecule has 1 heterocycles. The first-order chi connectivity index (χ1) is 8.19. The lowest BCUT2D eigenvalue weighted by Crippen LogP contribution is -2.36. The highest BCUT2D eigenvalue weighted by Gasteiger charge is 2.16. The molecule has 1 N–H and O–H groups in total. The van der Waals surface area contributed by atoms with Crippen molar-refractivity contribution < 1.29 is 4.74 Å². The van der Waals surface area contributed by atoms with Crippen molar-refractivity contribution >= 4 is 28.3 Å². The number of ether oxygens (including phenoxy) is 1. The first kappa shape index (κ1) is 13.0. The molecule has 0 radical (unpaired) electrons. The third kappa shape index (κ3) is 3.48. The van der Waals surface area contributed by atoms with Gasteiger partial charge in [-0.3, -0.25) is 0 Å². The fraction of sp³-hybridized carbons (Fsp3) is 0.538. The highest BCUT2D eigenvalue weighted by molar-refractivity contribution is 14.1. The van der Waals surface area contributed by atoms with Gasteiger partial charge in [0.15, 0.2) is 0 Å². The average Bonchev–Trinajstić information content (AvgIpc) is 2.34. The third-order valence-electron chi connectivity index (χ3n) is 3.24. The standard InChI is InChI=1S/C13H19IN2O/c1-16-7-5-10(6-8-16)15-11-3-4-12(14)13(9-11)17-2/h3-4,9-10,15H,5-8H2,1-2H3. The molecule has 4 heteroatoms. The van der Waals surface area contributed by atoms with Gasteiger partial charge in [-0.15, -0.1) is 0 Å². The number of anilines is 1. The Morgan fingerprint density at radius 1 is 1.35 bits per heavy atom. The van der Waals surface area contributed by atoms with Crippen LogP contribution in [0.5, 0.6) is 5.75 Å². The van der Waals surface area contributed by atoms with E-state index >= 15 is 0 Å². The fourth-order valence-corrected chi connectivity index (χ4v) is 2.69. The normalized spacial score (nSPS) is 18.1. The molecule has 0 spiro atoms. The third-order valence-corrected chi connectivity index (χ3v) is 4.13. The van der Waals surface area contributed by atoms with E-state index in [0.29, 0.717) is 6.04 Å². The van der Waals surface area contributed by atoms with Crippen molar-refractivity contribution in [1.29, 1.82) is 0 Å². The largest absolute Gasteiger partial charge is 0.496 e. The Bertz CT molecular complexity index is 376. The summed E-state index contributed by atoms with van der Waals surface area (Å²) in [5.74, 6) is 0.948. The lowest BCUT2D eigenvalue weighted by molar-refractivity contribution is 0.264. The molecule has 17 heavy (non-hydrogen) atoms. The van der Waals surface area contributed by atoms with E-state index < -0.39 is 0 Å². The first-order valence-corrected chi connectivity index (χ1v) is 7.05. The summed E-state index contributed by atoms with van der Waals surface area (Å²) >= 11 is 2.29. The van der Waals surface area contributed by atoms with Gasteiger partial charge >= 0.3 is 0 Å². The van der Waals surface area contributed by atoms with Crippen molar-refractivity contribution in [2.24, 2.45) is 0 Å². The van der Waals surface area contributed by atoms with Crippen LogP contribution < -0.4 is 10.1 Å². The predicted molar refractivity (Wildman–Crippen MR) is 79.9 cm³/mol. The highest BCUT2D eigenvalue weighted by Crippen LogP contribution is 2.25. The van der Waals surface area contributed by atoms with Crippen LogP contribution in [0.15, 0.2) is 18.2 Å². The predicted octanol–water partition coefficient (Wildman–Crippen LogP) is 2.81. The van der Waals surface area contributed by atoms with Crippen molar-refractivity contribution in [3.8, 4) is 5.75 Å². The molecule has 0 bridgehead atoms. The van der Waals surface area contributed by atoms with Crippen molar-refractivity contribution in [3.05, 3.63) is 21.8 Å². The topological polar surface area (TPSA) is 24.5 Å². The molecule has 0 atom stereocenters. The summed E-state index contributed by atoms with van der Waals surface area (Å²) in [6.07, 6.45) is 2.43. The number of rotatable bonds is 3. The van der Waals surface area contributed by atoms with Crippen LogP contribution >= 0.6 is 22.6 Å². The molecule has 1 aromatic carbocycles.